The fourth-order valence-electron chi connectivity index (χ4n) is 1.11. The van der Waals surface area contributed by atoms with Crippen molar-refractivity contribution in [2.45, 2.75) is 13.8 Å². The summed E-state index contributed by atoms with van der Waals surface area (Å²) in [5.41, 5.74) is 0.935. The first kappa shape index (κ1) is 10.5. The Morgan fingerprint density at radius 2 is 2.14 bits per heavy atom. The van der Waals surface area contributed by atoms with Gasteiger partial charge in [-0.3, -0.25) is 4.79 Å². The average Bonchev–Trinajstić information content (AvgIpc) is 2.17. The number of hydrogen-bond donors (Lipinski definition) is 0. The van der Waals surface area contributed by atoms with E-state index < -0.39 is 0 Å². The van der Waals surface area contributed by atoms with Crippen LogP contribution in [0.5, 0.6) is 5.75 Å². The maximum atomic E-state index is 10.8. The standard InChI is InChI=1S/C12H14O2/c1-3-14-12-7-5-4-6-11(12)9-8-10(2)13/h4-9H,3H2,1-2H3. The van der Waals surface area contributed by atoms with Gasteiger partial charge in [-0.25, -0.2) is 0 Å². The third-order valence-electron chi connectivity index (χ3n) is 1.72. The lowest BCUT2D eigenvalue weighted by molar-refractivity contribution is -0.112. The summed E-state index contributed by atoms with van der Waals surface area (Å²) in [6.45, 7) is 4.09. The summed E-state index contributed by atoms with van der Waals surface area (Å²) in [5, 5.41) is 0. The van der Waals surface area contributed by atoms with Gasteiger partial charge in [-0.15, -0.1) is 0 Å². The Balaban J connectivity index is 2.89. The molecule has 0 bridgehead atoms. The molecule has 0 atom stereocenters. The minimum absolute atomic E-state index is 0.0382. The molecule has 0 fully saturated rings. The van der Waals surface area contributed by atoms with Gasteiger partial charge in [-0.2, -0.15) is 0 Å². The summed E-state index contributed by atoms with van der Waals surface area (Å²) in [7, 11) is 0. The summed E-state index contributed by atoms with van der Waals surface area (Å²) in [5.74, 6) is 0.851. The Morgan fingerprint density at radius 1 is 1.43 bits per heavy atom. The van der Waals surface area contributed by atoms with Gasteiger partial charge in [0.1, 0.15) is 5.75 Å². The molecular formula is C12H14O2. The van der Waals surface area contributed by atoms with E-state index in [1.54, 1.807) is 6.08 Å². The van der Waals surface area contributed by atoms with Crippen molar-refractivity contribution in [3.05, 3.63) is 35.9 Å². The van der Waals surface area contributed by atoms with Crippen molar-refractivity contribution in [2.75, 3.05) is 6.61 Å². The van der Waals surface area contributed by atoms with Crippen LogP contribution in [0.2, 0.25) is 0 Å². The summed E-state index contributed by atoms with van der Waals surface area (Å²) < 4.78 is 5.41. The fraction of sp³-hybridized carbons (Fsp3) is 0.250. The number of benzene rings is 1. The van der Waals surface area contributed by atoms with Crippen LogP contribution in [0.25, 0.3) is 6.08 Å². The van der Waals surface area contributed by atoms with Crippen LogP contribution < -0.4 is 4.74 Å². The highest BCUT2D eigenvalue weighted by atomic mass is 16.5. The van der Waals surface area contributed by atoms with Crippen molar-refractivity contribution in [1.29, 1.82) is 0 Å². The van der Waals surface area contributed by atoms with Crippen LogP contribution in [0.1, 0.15) is 19.4 Å². The monoisotopic (exact) mass is 190 g/mol. The summed E-state index contributed by atoms with van der Waals surface area (Å²) in [6.07, 6.45) is 3.31. The Morgan fingerprint density at radius 3 is 2.79 bits per heavy atom. The minimum Gasteiger partial charge on any atom is -0.493 e. The van der Waals surface area contributed by atoms with Crippen LogP contribution in [-0.4, -0.2) is 12.4 Å². The zero-order chi connectivity index (χ0) is 10.4. The van der Waals surface area contributed by atoms with Crippen molar-refractivity contribution >= 4 is 11.9 Å². The van der Waals surface area contributed by atoms with E-state index >= 15 is 0 Å². The topological polar surface area (TPSA) is 26.3 Å². The number of ether oxygens (including phenoxy) is 1. The molecule has 2 heteroatoms. The van der Waals surface area contributed by atoms with E-state index in [0.29, 0.717) is 6.61 Å². The molecule has 14 heavy (non-hydrogen) atoms. The second-order valence-electron chi connectivity index (χ2n) is 2.91. The highest BCUT2D eigenvalue weighted by Crippen LogP contribution is 2.19. The molecule has 0 saturated heterocycles. The van der Waals surface area contributed by atoms with Gasteiger partial charge in [0, 0.05) is 5.56 Å². The van der Waals surface area contributed by atoms with Crippen molar-refractivity contribution in [3.8, 4) is 5.75 Å². The second-order valence-corrected chi connectivity index (χ2v) is 2.91. The van der Waals surface area contributed by atoms with E-state index in [4.69, 9.17) is 4.74 Å². The zero-order valence-electron chi connectivity index (χ0n) is 8.49. The Hall–Kier alpha value is -1.57. The smallest absolute Gasteiger partial charge is 0.152 e. The van der Waals surface area contributed by atoms with E-state index in [2.05, 4.69) is 0 Å². The van der Waals surface area contributed by atoms with Crippen LogP contribution in [0.4, 0.5) is 0 Å². The maximum Gasteiger partial charge on any atom is 0.152 e. The maximum absolute atomic E-state index is 10.8. The second kappa shape index (κ2) is 5.22. The van der Waals surface area contributed by atoms with Gasteiger partial charge >= 0.3 is 0 Å². The number of hydrogen-bond acceptors (Lipinski definition) is 2. The molecule has 1 aromatic carbocycles. The SMILES string of the molecule is CCOc1ccccc1C=CC(C)=O. The Bertz CT molecular complexity index is 340. The van der Waals surface area contributed by atoms with Crippen molar-refractivity contribution in [2.24, 2.45) is 0 Å². The van der Waals surface area contributed by atoms with E-state index in [1.807, 2.05) is 31.2 Å². The first-order chi connectivity index (χ1) is 6.74. The number of ketones is 1. The molecule has 0 aliphatic carbocycles. The number of carbonyl (C=O) groups is 1. The highest BCUT2D eigenvalue weighted by Gasteiger charge is 1.97. The Kier molecular flexibility index (Phi) is 3.92. The van der Waals surface area contributed by atoms with Crippen molar-refractivity contribution < 1.29 is 9.53 Å². The minimum atomic E-state index is 0.0382. The van der Waals surface area contributed by atoms with Gasteiger partial charge in [0.2, 0.25) is 0 Å². The van der Waals surface area contributed by atoms with Gasteiger partial charge < -0.3 is 4.74 Å². The molecular weight excluding hydrogens is 176 g/mol. The third kappa shape index (κ3) is 3.05. The van der Waals surface area contributed by atoms with Gasteiger partial charge in [-0.1, -0.05) is 18.2 Å². The van der Waals surface area contributed by atoms with Gasteiger partial charge in [0.25, 0.3) is 0 Å². The molecule has 0 aromatic heterocycles. The van der Waals surface area contributed by atoms with Crippen LogP contribution in [-0.2, 0) is 4.79 Å². The molecule has 0 heterocycles. The van der Waals surface area contributed by atoms with Gasteiger partial charge in [0.05, 0.1) is 6.61 Å². The number of rotatable bonds is 4. The van der Waals surface area contributed by atoms with Crippen LogP contribution in [0.15, 0.2) is 30.3 Å². The van der Waals surface area contributed by atoms with Crippen LogP contribution in [0, 0.1) is 0 Å². The van der Waals surface area contributed by atoms with Gasteiger partial charge in [-0.05, 0) is 32.1 Å². The van der Waals surface area contributed by atoms with Crippen LogP contribution >= 0.6 is 0 Å². The summed E-state index contributed by atoms with van der Waals surface area (Å²) in [6, 6.07) is 7.65. The lowest BCUT2D eigenvalue weighted by atomic mass is 10.2. The van der Waals surface area contributed by atoms with Crippen molar-refractivity contribution in [3.63, 3.8) is 0 Å². The molecule has 0 saturated carbocycles. The molecule has 0 aliphatic rings. The molecule has 0 aliphatic heterocycles. The average molecular weight is 190 g/mol. The van der Waals surface area contributed by atoms with Crippen molar-refractivity contribution in [1.82, 2.24) is 0 Å². The molecule has 0 spiro atoms. The predicted octanol–water partition coefficient (Wildman–Crippen LogP) is 2.69. The van der Waals surface area contributed by atoms with Crippen LogP contribution in [0.3, 0.4) is 0 Å². The molecule has 2 nitrogen and oxygen atoms in total. The quantitative estimate of drug-likeness (QED) is 0.682. The van der Waals surface area contributed by atoms with Gasteiger partial charge in [0.15, 0.2) is 5.78 Å². The summed E-state index contributed by atoms with van der Waals surface area (Å²) in [4.78, 5) is 10.8. The molecule has 0 unspecified atom stereocenters. The number of carbonyl (C=O) groups excluding carboxylic acids is 1. The molecule has 1 aromatic rings. The molecule has 1 rings (SSSR count). The fourth-order valence-corrected chi connectivity index (χ4v) is 1.11. The molecule has 0 amide bonds. The van der Waals surface area contributed by atoms with E-state index in [0.717, 1.165) is 11.3 Å². The number of allylic oxidation sites excluding steroid dienone is 1. The van der Waals surface area contributed by atoms with E-state index in [-0.39, 0.29) is 5.78 Å². The normalized spacial score (nSPS) is 10.4. The Labute approximate surface area is 84.2 Å². The first-order valence-corrected chi connectivity index (χ1v) is 4.64. The third-order valence-corrected chi connectivity index (χ3v) is 1.72. The van der Waals surface area contributed by atoms with E-state index in [1.165, 1.54) is 13.0 Å². The van der Waals surface area contributed by atoms with E-state index in [9.17, 15) is 4.79 Å². The first-order valence-electron chi connectivity index (χ1n) is 4.64. The largest absolute Gasteiger partial charge is 0.493 e. The molecule has 0 radical (unpaired) electrons. The predicted molar refractivity (Wildman–Crippen MR) is 57.3 cm³/mol. The summed E-state index contributed by atoms with van der Waals surface area (Å²) >= 11 is 0. The lowest BCUT2D eigenvalue weighted by Crippen LogP contribution is -1.93. The zero-order valence-corrected chi connectivity index (χ0v) is 8.49. The molecule has 0 N–H and O–H groups in total. The number of para-hydroxylation sites is 1. The highest BCUT2D eigenvalue weighted by molar-refractivity contribution is 5.91. The lowest BCUT2D eigenvalue weighted by Gasteiger charge is -2.05. The molecule has 74 valence electrons.